The van der Waals surface area contributed by atoms with E-state index < -0.39 is 0 Å². The number of anilines is 1. The molecular formula is C21H27N3O2. The van der Waals surface area contributed by atoms with Gasteiger partial charge in [-0.3, -0.25) is 4.79 Å². The monoisotopic (exact) mass is 353 g/mol. The van der Waals surface area contributed by atoms with Crippen LogP contribution in [0.5, 0.6) is 5.75 Å². The lowest BCUT2D eigenvalue weighted by atomic mass is 10.0. The Labute approximate surface area is 155 Å². The highest BCUT2D eigenvalue weighted by atomic mass is 16.5. The standard InChI is InChI=1S/C21H27N3O2/c1-15(2)19-11-6-16(3)12-20(19)26-14-21(25)23-22-13-17-7-9-18(10-8-17)24(4)5/h6-13,15H,14H2,1-5H3,(H,23,25). The minimum absolute atomic E-state index is 0.0694. The Morgan fingerprint density at radius 2 is 1.88 bits per heavy atom. The zero-order valence-corrected chi connectivity index (χ0v) is 16.1. The van der Waals surface area contributed by atoms with E-state index in [0.29, 0.717) is 5.92 Å². The number of amides is 1. The van der Waals surface area contributed by atoms with Crippen LogP contribution in [0, 0.1) is 6.92 Å². The van der Waals surface area contributed by atoms with Crippen LogP contribution in [-0.4, -0.2) is 32.8 Å². The van der Waals surface area contributed by atoms with Crippen LogP contribution in [0.2, 0.25) is 0 Å². The molecule has 0 aliphatic heterocycles. The maximum Gasteiger partial charge on any atom is 0.277 e. The molecule has 0 spiro atoms. The van der Waals surface area contributed by atoms with E-state index in [0.717, 1.165) is 28.1 Å². The summed E-state index contributed by atoms with van der Waals surface area (Å²) in [5.74, 6) is 0.789. The molecule has 1 N–H and O–H groups in total. The quantitative estimate of drug-likeness (QED) is 0.610. The Morgan fingerprint density at radius 1 is 1.19 bits per heavy atom. The molecule has 1 amide bonds. The van der Waals surface area contributed by atoms with Gasteiger partial charge in [-0.1, -0.05) is 38.1 Å². The van der Waals surface area contributed by atoms with E-state index >= 15 is 0 Å². The summed E-state index contributed by atoms with van der Waals surface area (Å²) in [5.41, 5.74) is 6.71. The number of rotatable bonds is 7. The fourth-order valence-electron chi connectivity index (χ4n) is 2.46. The van der Waals surface area contributed by atoms with Gasteiger partial charge in [0, 0.05) is 19.8 Å². The van der Waals surface area contributed by atoms with Crippen LogP contribution in [0.15, 0.2) is 47.6 Å². The molecule has 2 aromatic carbocycles. The third-order valence-electron chi connectivity index (χ3n) is 3.96. The van der Waals surface area contributed by atoms with Gasteiger partial charge in [0.1, 0.15) is 5.75 Å². The van der Waals surface area contributed by atoms with E-state index in [2.05, 4.69) is 24.4 Å². The van der Waals surface area contributed by atoms with E-state index in [-0.39, 0.29) is 12.5 Å². The summed E-state index contributed by atoms with van der Waals surface area (Å²) in [4.78, 5) is 14.0. The first kappa shape index (κ1) is 19.5. The number of benzene rings is 2. The topological polar surface area (TPSA) is 53.9 Å². The van der Waals surface area contributed by atoms with Crippen LogP contribution in [0.3, 0.4) is 0 Å². The van der Waals surface area contributed by atoms with Gasteiger partial charge >= 0.3 is 0 Å². The fourth-order valence-corrected chi connectivity index (χ4v) is 2.46. The Hall–Kier alpha value is -2.82. The summed E-state index contributed by atoms with van der Waals surface area (Å²) in [6.45, 7) is 6.13. The molecule has 0 heterocycles. The van der Waals surface area contributed by atoms with E-state index in [1.807, 2.05) is 68.4 Å². The van der Waals surface area contributed by atoms with Gasteiger partial charge in [0.15, 0.2) is 6.61 Å². The number of hydrogen-bond donors (Lipinski definition) is 1. The van der Waals surface area contributed by atoms with Crippen LogP contribution in [0.4, 0.5) is 5.69 Å². The fraction of sp³-hybridized carbons (Fsp3) is 0.333. The second-order valence-corrected chi connectivity index (χ2v) is 6.76. The van der Waals surface area contributed by atoms with Crippen LogP contribution >= 0.6 is 0 Å². The molecule has 26 heavy (non-hydrogen) atoms. The highest BCUT2D eigenvalue weighted by molar-refractivity contribution is 5.83. The van der Waals surface area contributed by atoms with Crippen molar-refractivity contribution < 1.29 is 9.53 Å². The van der Waals surface area contributed by atoms with Crippen molar-refractivity contribution in [3.8, 4) is 5.75 Å². The second-order valence-electron chi connectivity index (χ2n) is 6.76. The smallest absolute Gasteiger partial charge is 0.277 e. The first-order valence-electron chi connectivity index (χ1n) is 8.69. The normalized spacial score (nSPS) is 11.0. The van der Waals surface area contributed by atoms with Gasteiger partial charge < -0.3 is 9.64 Å². The molecule has 0 aromatic heterocycles. The molecule has 5 heteroatoms. The Morgan fingerprint density at radius 3 is 2.50 bits per heavy atom. The van der Waals surface area contributed by atoms with Crippen molar-refractivity contribution in [2.45, 2.75) is 26.7 Å². The molecule has 0 atom stereocenters. The van der Waals surface area contributed by atoms with Crippen molar-refractivity contribution in [3.63, 3.8) is 0 Å². The van der Waals surface area contributed by atoms with Gasteiger partial charge in [0.25, 0.3) is 5.91 Å². The summed E-state index contributed by atoms with van der Waals surface area (Å²) < 4.78 is 5.69. The number of nitrogens with zero attached hydrogens (tertiary/aromatic N) is 2. The second kappa shape index (κ2) is 9.04. The van der Waals surface area contributed by atoms with Crippen molar-refractivity contribution in [1.29, 1.82) is 0 Å². The Bertz CT molecular complexity index is 765. The molecule has 0 aliphatic rings. The van der Waals surface area contributed by atoms with Crippen LogP contribution in [-0.2, 0) is 4.79 Å². The highest BCUT2D eigenvalue weighted by Gasteiger charge is 2.10. The SMILES string of the molecule is Cc1ccc(C(C)C)c(OCC(=O)NN=Cc2ccc(N(C)C)cc2)c1. The largest absolute Gasteiger partial charge is 0.483 e. The van der Waals surface area contributed by atoms with Crippen molar-refractivity contribution in [1.82, 2.24) is 5.43 Å². The zero-order chi connectivity index (χ0) is 19.1. The third-order valence-corrected chi connectivity index (χ3v) is 3.96. The number of carbonyl (C=O) groups is 1. The van der Waals surface area contributed by atoms with Gasteiger partial charge in [-0.15, -0.1) is 0 Å². The molecule has 0 radical (unpaired) electrons. The van der Waals surface area contributed by atoms with Gasteiger partial charge in [-0.2, -0.15) is 5.10 Å². The van der Waals surface area contributed by atoms with Crippen molar-refractivity contribution in [2.24, 2.45) is 5.10 Å². The number of carbonyl (C=O) groups excluding carboxylic acids is 1. The van der Waals surface area contributed by atoms with E-state index in [1.165, 1.54) is 0 Å². The van der Waals surface area contributed by atoms with Gasteiger partial charge in [-0.25, -0.2) is 5.43 Å². The van der Waals surface area contributed by atoms with Crippen molar-refractivity contribution in [2.75, 3.05) is 25.6 Å². The first-order valence-corrected chi connectivity index (χ1v) is 8.69. The van der Waals surface area contributed by atoms with E-state index in [4.69, 9.17) is 4.74 Å². The third kappa shape index (κ3) is 5.62. The molecule has 0 fully saturated rings. The lowest BCUT2D eigenvalue weighted by Gasteiger charge is -2.14. The van der Waals surface area contributed by atoms with Gasteiger partial charge in [0.05, 0.1) is 6.21 Å². The Kier molecular flexibility index (Phi) is 6.78. The molecule has 0 unspecified atom stereocenters. The number of aryl methyl sites for hydroxylation is 1. The Balaban J connectivity index is 1.88. The molecule has 138 valence electrons. The first-order chi connectivity index (χ1) is 12.4. The minimum Gasteiger partial charge on any atom is -0.483 e. The molecule has 2 rings (SSSR count). The summed E-state index contributed by atoms with van der Waals surface area (Å²) in [5, 5.41) is 3.99. The van der Waals surface area contributed by atoms with Crippen LogP contribution in [0.1, 0.15) is 36.5 Å². The summed E-state index contributed by atoms with van der Waals surface area (Å²) in [7, 11) is 3.98. The summed E-state index contributed by atoms with van der Waals surface area (Å²) in [6, 6.07) is 13.9. The average Bonchev–Trinajstić information content (AvgIpc) is 2.60. The molecular weight excluding hydrogens is 326 g/mol. The maximum absolute atomic E-state index is 12.0. The van der Waals surface area contributed by atoms with E-state index in [1.54, 1.807) is 6.21 Å². The van der Waals surface area contributed by atoms with Crippen LogP contribution < -0.4 is 15.1 Å². The molecule has 0 saturated carbocycles. The highest BCUT2D eigenvalue weighted by Crippen LogP contribution is 2.27. The minimum atomic E-state index is -0.289. The summed E-state index contributed by atoms with van der Waals surface area (Å²) >= 11 is 0. The molecule has 2 aromatic rings. The van der Waals surface area contributed by atoms with Gasteiger partial charge in [-0.05, 0) is 47.7 Å². The predicted molar refractivity (Wildman–Crippen MR) is 107 cm³/mol. The molecule has 0 aliphatic carbocycles. The number of ether oxygens (including phenoxy) is 1. The maximum atomic E-state index is 12.0. The molecule has 0 bridgehead atoms. The van der Waals surface area contributed by atoms with Crippen molar-refractivity contribution in [3.05, 3.63) is 59.2 Å². The zero-order valence-electron chi connectivity index (χ0n) is 16.1. The number of nitrogens with one attached hydrogen (secondary N) is 1. The molecule has 5 nitrogen and oxygen atoms in total. The lowest BCUT2D eigenvalue weighted by molar-refractivity contribution is -0.123. The molecule has 0 saturated heterocycles. The predicted octanol–water partition coefficient (Wildman–Crippen LogP) is 3.71. The van der Waals surface area contributed by atoms with Crippen LogP contribution in [0.25, 0.3) is 0 Å². The van der Waals surface area contributed by atoms with Gasteiger partial charge in [0.2, 0.25) is 0 Å². The van der Waals surface area contributed by atoms with Crippen molar-refractivity contribution >= 4 is 17.8 Å². The van der Waals surface area contributed by atoms with E-state index in [9.17, 15) is 4.79 Å². The number of hydrazone groups is 1. The summed E-state index contributed by atoms with van der Waals surface area (Å²) in [6.07, 6.45) is 1.61. The lowest BCUT2D eigenvalue weighted by Crippen LogP contribution is -2.25. The average molecular weight is 353 g/mol. The number of hydrogen-bond acceptors (Lipinski definition) is 4.